The fourth-order valence-electron chi connectivity index (χ4n) is 2.53. The summed E-state index contributed by atoms with van der Waals surface area (Å²) in [5.74, 6) is -2.21. The Morgan fingerprint density at radius 2 is 1.79 bits per heavy atom. The number of anilines is 1. The smallest absolute Gasteiger partial charge is 0.325 e. The van der Waals surface area contributed by atoms with Gasteiger partial charge in [0.05, 0.1) is 17.0 Å². The summed E-state index contributed by atoms with van der Waals surface area (Å²) < 4.78 is 62.8. The van der Waals surface area contributed by atoms with Gasteiger partial charge in [0.15, 0.2) is 9.84 Å². The molecule has 0 bridgehead atoms. The minimum absolute atomic E-state index is 0.125. The number of nitrogens with one attached hydrogen (secondary N) is 1. The molecule has 0 spiro atoms. The van der Waals surface area contributed by atoms with Crippen LogP contribution in [0.1, 0.15) is 11.3 Å². The Morgan fingerprint density at radius 3 is 2.48 bits per heavy atom. The van der Waals surface area contributed by atoms with Crippen LogP contribution in [0.15, 0.2) is 60.0 Å². The second kappa shape index (κ2) is 8.34. The van der Waals surface area contributed by atoms with Crippen LogP contribution in [-0.2, 0) is 26.6 Å². The number of benzene rings is 2. The molecule has 10 heteroatoms. The second-order valence-corrected chi connectivity index (χ2v) is 9.09. The van der Waals surface area contributed by atoms with Crippen molar-refractivity contribution in [3.8, 4) is 10.6 Å². The molecule has 3 aromatic rings. The first kappa shape index (κ1) is 21.0. The molecule has 0 aliphatic rings. The van der Waals surface area contributed by atoms with Crippen molar-refractivity contribution >= 4 is 32.8 Å². The van der Waals surface area contributed by atoms with Gasteiger partial charge in [-0.05, 0) is 18.2 Å². The third-order valence-corrected chi connectivity index (χ3v) is 6.14. The molecular weight excluding hydrogens is 425 g/mol. The Balaban J connectivity index is 1.64. The van der Waals surface area contributed by atoms with Crippen LogP contribution >= 0.6 is 11.3 Å². The number of nitrogens with zero attached hydrogens (tertiary/aromatic N) is 1. The molecule has 2 aromatic carbocycles. The van der Waals surface area contributed by atoms with Crippen LogP contribution in [0.2, 0.25) is 0 Å². The van der Waals surface area contributed by atoms with Crippen molar-refractivity contribution in [3.63, 3.8) is 0 Å². The van der Waals surface area contributed by atoms with E-state index in [4.69, 9.17) is 0 Å². The fraction of sp³-hybridized carbons (Fsp3) is 0.158. The van der Waals surface area contributed by atoms with Crippen molar-refractivity contribution in [2.24, 2.45) is 0 Å². The topological polar surface area (TPSA) is 76.1 Å². The standard InChI is InChI=1S/C19H15F3N2O3S2/c20-19(21,22)14-7-4-8-15(9-14)23-17(25)12-29(26,27)11-16-10-28-18(24-16)13-5-2-1-3-6-13/h1-10H,11-12H2,(H,23,25). The third-order valence-electron chi connectivity index (χ3n) is 3.76. The van der Waals surface area contributed by atoms with Gasteiger partial charge in [0.2, 0.25) is 5.91 Å². The summed E-state index contributed by atoms with van der Waals surface area (Å²) in [7, 11) is -3.85. The normalized spacial score (nSPS) is 12.0. The largest absolute Gasteiger partial charge is 0.416 e. The number of alkyl halides is 3. The minimum Gasteiger partial charge on any atom is -0.325 e. The number of hydrogen-bond acceptors (Lipinski definition) is 5. The number of sulfone groups is 1. The molecule has 1 aromatic heterocycles. The van der Waals surface area contributed by atoms with Crippen LogP contribution in [0.25, 0.3) is 10.6 Å². The highest BCUT2D eigenvalue weighted by Gasteiger charge is 2.30. The van der Waals surface area contributed by atoms with Crippen LogP contribution in [-0.4, -0.2) is 25.1 Å². The zero-order valence-corrected chi connectivity index (χ0v) is 16.4. The van der Waals surface area contributed by atoms with Gasteiger partial charge in [-0.3, -0.25) is 4.79 Å². The summed E-state index contributed by atoms with van der Waals surface area (Å²) in [5, 5.41) is 4.45. The van der Waals surface area contributed by atoms with E-state index in [1.54, 1.807) is 5.38 Å². The van der Waals surface area contributed by atoms with Gasteiger partial charge in [-0.25, -0.2) is 13.4 Å². The molecule has 0 aliphatic heterocycles. The van der Waals surface area contributed by atoms with Gasteiger partial charge in [0, 0.05) is 16.6 Å². The van der Waals surface area contributed by atoms with E-state index in [9.17, 15) is 26.4 Å². The maximum absolute atomic E-state index is 12.7. The highest BCUT2D eigenvalue weighted by atomic mass is 32.2. The van der Waals surface area contributed by atoms with Crippen molar-refractivity contribution in [3.05, 3.63) is 71.2 Å². The van der Waals surface area contributed by atoms with Gasteiger partial charge < -0.3 is 5.32 Å². The number of thiazole rings is 1. The molecule has 0 aliphatic carbocycles. The van der Waals surface area contributed by atoms with Crippen molar-refractivity contribution < 1.29 is 26.4 Å². The van der Waals surface area contributed by atoms with Gasteiger partial charge in [-0.2, -0.15) is 13.2 Å². The molecule has 152 valence electrons. The van der Waals surface area contributed by atoms with Crippen LogP contribution in [0.5, 0.6) is 0 Å². The van der Waals surface area contributed by atoms with Crippen LogP contribution in [0.3, 0.4) is 0 Å². The van der Waals surface area contributed by atoms with Crippen LogP contribution in [0, 0.1) is 0 Å². The summed E-state index contributed by atoms with van der Waals surface area (Å²) in [6.07, 6.45) is -4.56. The monoisotopic (exact) mass is 440 g/mol. The maximum atomic E-state index is 12.7. The van der Waals surface area contributed by atoms with Crippen molar-refractivity contribution in [1.82, 2.24) is 4.98 Å². The fourth-order valence-corrected chi connectivity index (χ4v) is 4.64. The summed E-state index contributed by atoms with van der Waals surface area (Å²) >= 11 is 1.29. The number of rotatable bonds is 6. The molecular formula is C19H15F3N2O3S2. The van der Waals surface area contributed by atoms with Crippen LogP contribution in [0.4, 0.5) is 18.9 Å². The predicted octanol–water partition coefficient (Wildman–Crippen LogP) is 4.38. The predicted molar refractivity (Wildman–Crippen MR) is 105 cm³/mol. The summed E-state index contributed by atoms with van der Waals surface area (Å²) in [6, 6.07) is 13.2. The molecule has 3 rings (SSSR count). The quantitative estimate of drug-likeness (QED) is 0.617. The average molecular weight is 440 g/mol. The molecule has 0 fully saturated rings. The maximum Gasteiger partial charge on any atom is 0.416 e. The highest BCUT2D eigenvalue weighted by molar-refractivity contribution is 7.91. The molecule has 0 atom stereocenters. The van der Waals surface area contributed by atoms with E-state index in [0.717, 1.165) is 23.8 Å². The molecule has 1 amide bonds. The molecule has 0 radical (unpaired) electrons. The Hall–Kier alpha value is -2.72. The Morgan fingerprint density at radius 1 is 1.07 bits per heavy atom. The SMILES string of the molecule is O=C(CS(=O)(=O)Cc1csc(-c2ccccc2)n1)Nc1cccc(C(F)(F)F)c1. The third kappa shape index (κ3) is 5.88. The van der Waals surface area contributed by atoms with Gasteiger partial charge >= 0.3 is 6.18 Å². The van der Waals surface area contributed by atoms with Gasteiger partial charge in [0.1, 0.15) is 10.8 Å². The summed E-state index contributed by atoms with van der Waals surface area (Å²) in [4.78, 5) is 16.3. The number of hydrogen-bond donors (Lipinski definition) is 1. The van der Waals surface area contributed by atoms with Crippen molar-refractivity contribution in [2.75, 3.05) is 11.1 Å². The lowest BCUT2D eigenvalue weighted by Crippen LogP contribution is -2.24. The molecule has 0 saturated carbocycles. The lowest BCUT2D eigenvalue weighted by molar-refractivity contribution is -0.137. The van der Waals surface area contributed by atoms with Gasteiger partial charge in [0.25, 0.3) is 0 Å². The van der Waals surface area contributed by atoms with E-state index >= 15 is 0 Å². The number of carbonyl (C=O) groups is 1. The molecule has 29 heavy (non-hydrogen) atoms. The van der Waals surface area contributed by atoms with Crippen molar-refractivity contribution in [1.29, 1.82) is 0 Å². The first-order chi connectivity index (χ1) is 13.6. The van der Waals surface area contributed by atoms with E-state index in [-0.39, 0.29) is 5.69 Å². The summed E-state index contributed by atoms with van der Waals surface area (Å²) in [6.45, 7) is 0. The van der Waals surface area contributed by atoms with Gasteiger partial charge in [-0.15, -0.1) is 11.3 Å². The van der Waals surface area contributed by atoms with E-state index in [2.05, 4.69) is 10.3 Å². The first-order valence-corrected chi connectivity index (χ1v) is 11.0. The van der Waals surface area contributed by atoms with E-state index in [1.807, 2.05) is 30.3 Å². The lowest BCUT2D eigenvalue weighted by atomic mass is 10.2. The number of carbonyl (C=O) groups excluding carboxylic acids is 1. The molecule has 5 nitrogen and oxygen atoms in total. The second-order valence-electron chi connectivity index (χ2n) is 6.17. The number of amides is 1. The minimum atomic E-state index is -4.56. The average Bonchev–Trinajstić information content (AvgIpc) is 3.09. The van der Waals surface area contributed by atoms with E-state index in [1.165, 1.54) is 17.4 Å². The Bertz CT molecular complexity index is 1110. The van der Waals surface area contributed by atoms with Crippen LogP contribution < -0.4 is 5.32 Å². The number of halogens is 3. The zero-order chi connectivity index (χ0) is 21.1. The Labute approximate surface area is 169 Å². The molecule has 1 N–H and O–H groups in total. The lowest BCUT2D eigenvalue weighted by Gasteiger charge is -2.10. The Kier molecular flexibility index (Phi) is 6.04. The zero-order valence-electron chi connectivity index (χ0n) is 14.8. The molecule has 0 saturated heterocycles. The molecule has 0 unspecified atom stereocenters. The van der Waals surface area contributed by atoms with Crippen molar-refractivity contribution in [2.45, 2.75) is 11.9 Å². The summed E-state index contributed by atoms with van der Waals surface area (Å²) in [5.41, 5.74) is 0.0956. The molecule has 1 heterocycles. The number of aromatic nitrogens is 1. The first-order valence-electron chi connectivity index (χ1n) is 8.30. The van der Waals surface area contributed by atoms with E-state index in [0.29, 0.717) is 10.7 Å². The van der Waals surface area contributed by atoms with E-state index < -0.39 is 39.0 Å². The highest BCUT2D eigenvalue weighted by Crippen LogP contribution is 2.30. The van der Waals surface area contributed by atoms with Gasteiger partial charge in [-0.1, -0.05) is 36.4 Å².